The maximum absolute atomic E-state index is 14.6. The van der Waals surface area contributed by atoms with Crippen LogP contribution in [0.5, 0.6) is 11.5 Å². The molecule has 0 amide bonds. The van der Waals surface area contributed by atoms with Crippen molar-refractivity contribution in [1.29, 1.82) is 0 Å². The minimum Gasteiger partial charge on any atom is -0.488 e. The first-order chi connectivity index (χ1) is 14.3. The van der Waals surface area contributed by atoms with Gasteiger partial charge in [-0.1, -0.05) is 31.9 Å². The lowest BCUT2D eigenvalue weighted by Gasteiger charge is -2.29. The molecule has 6 heteroatoms. The van der Waals surface area contributed by atoms with Gasteiger partial charge in [-0.15, -0.1) is 0 Å². The molecule has 0 aliphatic heterocycles. The zero-order valence-corrected chi connectivity index (χ0v) is 17.4. The fraction of sp³-hybridized carbons (Fsp3) is 0.500. The summed E-state index contributed by atoms with van der Waals surface area (Å²) in [5.41, 5.74) is 0.684. The lowest BCUT2D eigenvalue weighted by Crippen LogP contribution is -2.22. The third-order valence-electron chi connectivity index (χ3n) is 5.77. The summed E-state index contributed by atoms with van der Waals surface area (Å²) < 4.78 is 66.4. The van der Waals surface area contributed by atoms with E-state index in [9.17, 15) is 17.6 Å². The number of halogens is 4. The van der Waals surface area contributed by atoms with Gasteiger partial charge in [0, 0.05) is 12.1 Å². The predicted octanol–water partition coefficient (Wildman–Crippen LogP) is 7.57. The van der Waals surface area contributed by atoms with E-state index in [1.807, 2.05) is 0 Å². The molecule has 0 N–H and O–H groups in total. The smallest absolute Gasteiger partial charge is 0.426 e. The van der Waals surface area contributed by atoms with Crippen LogP contribution in [0, 0.1) is 17.6 Å². The van der Waals surface area contributed by atoms with Crippen LogP contribution in [0.3, 0.4) is 0 Å². The number of hydrogen-bond donors (Lipinski definition) is 0. The van der Waals surface area contributed by atoms with Crippen molar-refractivity contribution in [3.05, 3.63) is 59.2 Å². The van der Waals surface area contributed by atoms with E-state index in [4.69, 9.17) is 4.74 Å². The molecule has 0 atom stereocenters. The molecule has 2 aromatic rings. The number of ether oxygens (including phenoxy) is 2. The fourth-order valence-electron chi connectivity index (χ4n) is 4.23. The Bertz CT molecular complexity index is 805. The van der Waals surface area contributed by atoms with Crippen LogP contribution in [0.25, 0.3) is 0 Å². The van der Waals surface area contributed by atoms with E-state index in [2.05, 4.69) is 11.7 Å². The summed E-state index contributed by atoms with van der Waals surface area (Å²) in [6.45, 7) is 3.82. The Kier molecular flexibility index (Phi) is 7.27. The van der Waals surface area contributed by atoms with E-state index in [1.54, 1.807) is 19.1 Å². The topological polar surface area (TPSA) is 18.5 Å². The Balaban J connectivity index is 1.68. The molecule has 30 heavy (non-hydrogen) atoms. The second-order valence-electron chi connectivity index (χ2n) is 7.90. The van der Waals surface area contributed by atoms with Crippen LogP contribution in [0.2, 0.25) is 0 Å². The van der Waals surface area contributed by atoms with Gasteiger partial charge >= 0.3 is 6.11 Å². The van der Waals surface area contributed by atoms with Gasteiger partial charge in [-0.3, -0.25) is 0 Å². The number of hydrogen-bond acceptors (Lipinski definition) is 2. The Morgan fingerprint density at radius 3 is 2.07 bits per heavy atom. The van der Waals surface area contributed by atoms with Crippen molar-refractivity contribution in [2.75, 3.05) is 6.61 Å². The first-order valence-electron chi connectivity index (χ1n) is 10.6. The van der Waals surface area contributed by atoms with Crippen molar-refractivity contribution in [1.82, 2.24) is 0 Å². The second kappa shape index (κ2) is 9.71. The molecule has 0 bridgehead atoms. The highest BCUT2D eigenvalue weighted by Crippen LogP contribution is 2.39. The van der Waals surface area contributed by atoms with Gasteiger partial charge in [-0.05, 0) is 62.1 Å². The summed E-state index contributed by atoms with van der Waals surface area (Å²) in [6.07, 6.45) is 3.22. The molecular weight excluding hydrogens is 396 g/mol. The summed E-state index contributed by atoms with van der Waals surface area (Å²) in [6, 6.07) is 7.47. The SMILES string of the molecule is CCCC1CCC(c2ccc(C(F)(F)Oc3cc(F)c(OCC)c(F)c3)cc2)CC1. The van der Waals surface area contributed by atoms with Gasteiger partial charge in [0.2, 0.25) is 0 Å². The number of alkyl halides is 2. The average molecular weight is 424 g/mol. The maximum atomic E-state index is 14.6. The van der Waals surface area contributed by atoms with Gasteiger partial charge in [-0.25, -0.2) is 8.78 Å². The molecule has 3 rings (SSSR count). The van der Waals surface area contributed by atoms with Gasteiger partial charge in [0.1, 0.15) is 5.75 Å². The standard InChI is InChI=1S/C24H28F4O2/c1-3-5-16-6-8-17(9-7-16)18-10-12-19(13-11-18)24(27,28)30-20-14-21(25)23(29-4-2)22(26)15-20/h10-17H,3-9H2,1-2H3. The summed E-state index contributed by atoms with van der Waals surface area (Å²) >= 11 is 0. The minimum atomic E-state index is -3.72. The quantitative estimate of drug-likeness (QED) is 0.407. The highest BCUT2D eigenvalue weighted by Gasteiger charge is 2.35. The summed E-state index contributed by atoms with van der Waals surface area (Å²) in [7, 11) is 0. The Hall–Kier alpha value is -2.24. The van der Waals surface area contributed by atoms with Crippen molar-refractivity contribution in [3.8, 4) is 11.5 Å². The van der Waals surface area contributed by atoms with Gasteiger partial charge < -0.3 is 9.47 Å². The van der Waals surface area contributed by atoms with Crippen molar-refractivity contribution in [2.24, 2.45) is 5.92 Å². The summed E-state index contributed by atoms with van der Waals surface area (Å²) in [5.74, 6) is -2.22. The molecular formula is C24H28F4O2. The molecule has 1 fully saturated rings. The molecule has 164 valence electrons. The third kappa shape index (κ3) is 5.27. The zero-order valence-electron chi connectivity index (χ0n) is 17.4. The summed E-state index contributed by atoms with van der Waals surface area (Å²) in [4.78, 5) is 0. The van der Waals surface area contributed by atoms with Crippen molar-refractivity contribution < 1.29 is 27.0 Å². The molecule has 0 heterocycles. The lowest BCUT2D eigenvalue weighted by molar-refractivity contribution is -0.185. The van der Waals surface area contributed by atoms with Crippen molar-refractivity contribution >= 4 is 0 Å². The number of rotatable bonds is 8. The van der Waals surface area contributed by atoms with Gasteiger partial charge in [0.05, 0.1) is 12.2 Å². The van der Waals surface area contributed by atoms with Gasteiger partial charge in [0.25, 0.3) is 0 Å². The monoisotopic (exact) mass is 424 g/mol. The van der Waals surface area contributed by atoms with E-state index >= 15 is 0 Å². The molecule has 2 nitrogen and oxygen atoms in total. The van der Waals surface area contributed by atoms with Crippen molar-refractivity contribution in [2.45, 2.75) is 64.4 Å². The zero-order chi connectivity index (χ0) is 21.7. The first-order valence-corrected chi connectivity index (χ1v) is 10.6. The van der Waals surface area contributed by atoms with E-state index in [1.165, 1.54) is 37.8 Å². The molecule has 0 spiro atoms. The van der Waals surface area contributed by atoms with Crippen LogP contribution in [0.4, 0.5) is 17.6 Å². The van der Waals surface area contributed by atoms with Crippen molar-refractivity contribution in [3.63, 3.8) is 0 Å². The van der Waals surface area contributed by atoms with E-state index in [0.29, 0.717) is 18.1 Å². The largest absolute Gasteiger partial charge is 0.488 e. The molecule has 1 aliphatic carbocycles. The maximum Gasteiger partial charge on any atom is 0.426 e. The molecule has 1 saturated carbocycles. The van der Waals surface area contributed by atoms with Crippen LogP contribution < -0.4 is 9.47 Å². The minimum absolute atomic E-state index is 0.0524. The van der Waals surface area contributed by atoms with E-state index < -0.39 is 29.2 Å². The van der Waals surface area contributed by atoms with Crippen LogP contribution >= 0.6 is 0 Å². The predicted molar refractivity (Wildman–Crippen MR) is 108 cm³/mol. The normalized spacial score (nSPS) is 19.5. The highest BCUT2D eigenvalue weighted by molar-refractivity contribution is 5.36. The van der Waals surface area contributed by atoms with Crippen LogP contribution in [0.15, 0.2) is 36.4 Å². The van der Waals surface area contributed by atoms with E-state index in [-0.39, 0.29) is 12.2 Å². The molecule has 0 saturated heterocycles. The van der Waals surface area contributed by atoms with Crippen LogP contribution in [0.1, 0.15) is 69.4 Å². The number of benzene rings is 2. The Morgan fingerprint density at radius 1 is 0.933 bits per heavy atom. The molecule has 1 aliphatic rings. The second-order valence-corrected chi connectivity index (χ2v) is 7.90. The Labute approximate surface area is 175 Å². The first kappa shape index (κ1) is 22.4. The van der Waals surface area contributed by atoms with Gasteiger partial charge in [0.15, 0.2) is 17.4 Å². The van der Waals surface area contributed by atoms with E-state index in [0.717, 1.165) is 24.3 Å². The average Bonchev–Trinajstić information content (AvgIpc) is 2.71. The highest BCUT2D eigenvalue weighted by atomic mass is 19.3. The fourth-order valence-corrected chi connectivity index (χ4v) is 4.23. The van der Waals surface area contributed by atoms with Crippen LogP contribution in [-0.4, -0.2) is 6.61 Å². The molecule has 0 unspecified atom stereocenters. The summed E-state index contributed by atoms with van der Waals surface area (Å²) in [5, 5.41) is 0. The van der Waals surface area contributed by atoms with Crippen LogP contribution in [-0.2, 0) is 6.11 Å². The Morgan fingerprint density at radius 2 is 1.53 bits per heavy atom. The molecule has 2 aromatic carbocycles. The lowest BCUT2D eigenvalue weighted by atomic mass is 9.77. The molecule has 0 aromatic heterocycles. The molecule has 0 radical (unpaired) electrons. The van der Waals surface area contributed by atoms with Gasteiger partial charge in [-0.2, -0.15) is 8.78 Å². The third-order valence-corrected chi connectivity index (χ3v) is 5.77.